The van der Waals surface area contributed by atoms with E-state index in [-0.39, 0.29) is 16.2 Å². The van der Waals surface area contributed by atoms with Gasteiger partial charge in [0.25, 0.3) is 0 Å². The zero-order valence-corrected chi connectivity index (χ0v) is 22.7. The fraction of sp³-hybridized carbons (Fsp3) is 0.708. The Morgan fingerprint density at radius 3 is 1.90 bits per heavy atom. The van der Waals surface area contributed by atoms with Crippen LogP contribution in [0.25, 0.3) is 0 Å². The van der Waals surface area contributed by atoms with E-state index in [1.54, 1.807) is 6.08 Å². The molecule has 0 aliphatic carbocycles. The summed E-state index contributed by atoms with van der Waals surface area (Å²) < 4.78 is 12.6. The molecule has 0 aromatic carbocycles. The van der Waals surface area contributed by atoms with Gasteiger partial charge in [0, 0.05) is 6.61 Å². The number of carbonyl (C=O) groups is 1. The molecular formula is C24H46O3Si2. The van der Waals surface area contributed by atoms with Gasteiger partial charge in [-0.15, -0.1) is 0 Å². The monoisotopic (exact) mass is 438 g/mol. The molecule has 1 atom stereocenters. The van der Waals surface area contributed by atoms with Crippen molar-refractivity contribution in [2.75, 3.05) is 6.61 Å². The van der Waals surface area contributed by atoms with Crippen molar-refractivity contribution in [1.82, 2.24) is 0 Å². The highest BCUT2D eigenvalue weighted by atomic mass is 28.4. The highest BCUT2D eigenvalue weighted by Gasteiger charge is 2.38. The summed E-state index contributed by atoms with van der Waals surface area (Å²) in [5, 5.41) is 0.417. The van der Waals surface area contributed by atoms with Crippen molar-refractivity contribution in [2.24, 2.45) is 0 Å². The lowest BCUT2D eigenvalue weighted by Crippen LogP contribution is -2.43. The average Bonchev–Trinajstić information content (AvgIpc) is 2.55. The maximum absolute atomic E-state index is 10.7. The Morgan fingerprint density at radius 2 is 1.38 bits per heavy atom. The second-order valence-corrected chi connectivity index (χ2v) is 20.3. The number of allylic oxidation sites excluding steroid dienone is 3. The number of carbonyl (C=O) groups excluding carboxylic acids is 1. The maximum atomic E-state index is 10.7. The SMILES string of the molecule is CC(C)(C)[Si](C)(C)OCC/C=C\C/C=C\C[C@@H](/C=C/C=O)O[Si](C)(C)C(C)(C)C. The third kappa shape index (κ3) is 11.3. The van der Waals surface area contributed by atoms with Crippen LogP contribution in [0.2, 0.25) is 36.3 Å². The van der Waals surface area contributed by atoms with Crippen LogP contribution < -0.4 is 0 Å². The van der Waals surface area contributed by atoms with Crippen molar-refractivity contribution >= 4 is 22.9 Å². The van der Waals surface area contributed by atoms with Gasteiger partial charge in [0.2, 0.25) is 0 Å². The maximum Gasteiger partial charge on any atom is 0.192 e. The van der Waals surface area contributed by atoms with E-state index in [0.29, 0.717) is 0 Å². The second-order valence-electron chi connectivity index (χ2n) is 10.7. The van der Waals surface area contributed by atoms with Gasteiger partial charge in [0.15, 0.2) is 16.6 Å². The predicted octanol–water partition coefficient (Wildman–Crippen LogP) is 7.44. The predicted molar refractivity (Wildman–Crippen MR) is 133 cm³/mol. The lowest BCUT2D eigenvalue weighted by molar-refractivity contribution is -0.104. The van der Waals surface area contributed by atoms with Crippen LogP contribution in [-0.4, -0.2) is 35.6 Å². The van der Waals surface area contributed by atoms with Crippen molar-refractivity contribution in [1.29, 1.82) is 0 Å². The molecule has 0 aliphatic heterocycles. The molecule has 0 aliphatic rings. The molecule has 29 heavy (non-hydrogen) atoms. The molecule has 0 aromatic heterocycles. The van der Waals surface area contributed by atoms with Gasteiger partial charge in [-0.1, -0.05) is 71.9 Å². The molecule has 0 unspecified atom stereocenters. The molecule has 5 heteroatoms. The lowest BCUT2D eigenvalue weighted by atomic mass is 10.2. The molecule has 3 nitrogen and oxygen atoms in total. The van der Waals surface area contributed by atoms with Crippen LogP contribution in [0.15, 0.2) is 36.5 Å². The minimum atomic E-state index is -1.86. The van der Waals surface area contributed by atoms with Crippen LogP contribution in [-0.2, 0) is 13.6 Å². The molecule has 0 amide bonds. The summed E-state index contributed by atoms with van der Waals surface area (Å²) in [4.78, 5) is 10.7. The highest BCUT2D eigenvalue weighted by molar-refractivity contribution is 6.74. The Hall–Kier alpha value is -0.756. The van der Waals surface area contributed by atoms with Crippen LogP contribution >= 0.6 is 0 Å². The standard InChI is InChI=1S/C24H46O3Si2/c1-23(2,3)28(7,8)26-21-16-14-12-11-13-15-18-22(19-17-20-25)27-29(9,10)24(4,5)6/h12-15,17,19-20,22H,11,16,18,21H2,1-10H3/b14-12-,15-13-,19-17+/t22-/m0/s1. The van der Waals surface area contributed by atoms with Gasteiger partial charge in [-0.2, -0.15) is 0 Å². The van der Waals surface area contributed by atoms with Gasteiger partial charge in [0.1, 0.15) is 6.29 Å². The summed E-state index contributed by atoms with van der Waals surface area (Å²) in [6, 6.07) is 0. The van der Waals surface area contributed by atoms with E-state index in [1.807, 2.05) is 6.08 Å². The van der Waals surface area contributed by atoms with E-state index in [9.17, 15) is 4.79 Å². The Labute approximate surface area is 182 Å². The van der Waals surface area contributed by atoms with Crippen molar-refractivity contribution in [3.8, 4) is 0 Å². The first-order valence-electron chi connectivity index (χ1n) is 10.9. The summed E-state index contributed by atoms with van der Waals surface area (Å²) >= 11 is 0. The number of hydrogen-bond donors (Lipinski definition) is 0. The minimum Gasteiger partial charge on any atom is -0.417 e. The summed E-state index contributed by atoms with van der Waals surface area (Å²) in [7, 11) is -3.50. The van der Waals surface area contributed by atoms with Crippen molar-refractivity contribution in [3.63, 3.8) is 0 Å². The molecule has 0 saturated heterocycles. The molecule has 0 fully saturated rings. The third-order valence-corrected chi connectivity index (χ3v) is 15.2. The number of aldehydes is 1. The number of hydrogen-bond acceptors (Lipinski definition) is 3. The number of rotatable bonds is 12. The van der Waals surface area contributed by atoms with Crippen LogP contribution in [0.3, 0.4) is 0 Å². The van der Waals surface area contributed by atoms with E-state index in [4.69, 9.17) is 8.85 Å². The van der Waals surface area contributed by atoms with Gasteiger partial charge in [-0.05, 0) is 61.6 Å². The first-order chi connectivity index (χ1) is 13.1. The fourth-order valence-corrected chi connectivity index (χ4v) is 4.45. The molecule has 0 heterocycles. The highest BCUT2D eigenvalue weighted by Crippen LogP contribution is 2.38. The van der Waals surface area contributed by atoms with E-state index < -0.39 is 16.6 Å². The first-order valence-corrected chi connectivity index (χ1v) is 16.7. The Bertz CT molecular complexity index is 562. The van der Waals surface area contributed by atoms with E-state index in [2.05, 4.69) is 92.0 Å². The molecular weight excluding hydrogens is 392 g/mol. The van der Waals surface area contributed by atoms with Crippen molar-refractivity contribution < 1.29 is 13.6 Å². The largest absolute Gasteiger partial charge is 0.417 e. The third-order valence-electron chi connectivity index (χ3n) is 6.18. The Morgan fingerprint density at radius 1 is 0.828 bits per heavy atom. The van der Waals surface area contributed by atoms with Crippen LogP contribution in [0, 0.1) is 0 Å². The molecule has 0 radical (unpaired) electrons. The van der Waals surface area contributed by atoms with Crippen molar-refractivity contribution in [3.05, 3.63) is 36.5 Å². The average molecular weight is 439 g/mol. The van der Waals surface area contributed by atoms with Gasteiger partial charge < -0.3 is 8.85 Å². The topological polar surface area (TPSA) is 35.5 Å². The van der Waals surface area contributed by atoms with Gasteiger partial charge in [0.05, 0.1) is 6.10 Å². The molecule has 0 aromatic rings. The lowest BCUT2D eigenvalue weighted by Gasteiger charge is -2.38. The fourth-order valence-electron chi connectivity index (χ4n) is 2.11. The quantitative estimate of drug-likeness (QED) is 0.104. The molecule has 168 valence electrons. The summed E-state index contributed by atoms with van der Waals surface area (Å²) in [5.74, 6) is 0. The molecule has 0 spiro atoms. The molecule has 0 saturated carbocycles. The Kier molecular flexibility index (Phi) is 11.9. The zero-order chi connectivity index (χ0) is 22.8. The summed E-state index contributed by atoms with van der Waals surface area (Å²) in [6.45, 7) is 23.4. The smallest absolute Gasteiger partial charge is 0.192 e. The molecule has 0 N–H and O–H groups in total. The van der Waals surface area contributed by atoms with E-state index >= 15 is 0 Å². The first kappa shape index (κ1) is 28.2. The minimum absolute atomic E-state index is 0.0423. The van der Waals surface area contributed by atoms with Gasteiger partial charge >= 0.3 is 0 Å². The second kappa shape index (κ2) is 12.2. The van der Waals surface area contributed by atoms with E-state index in [0.717, 1.165) is 32.2 Å². The van der Waals surface area contributed by atoms with Crippen molar-refractivity contribution in [2.45, 2.75) is 103 Å². The van der Waals surface area contributed by atoms with Gasteiger partial charge in [-0.3, -0.25) is 4.79 Å². The van der Waals surface area contributed by atoms with Crippen LogP contribution in [0.1, 0.15) is 60.8 Å². The zero-order valence-electron chi connectivity index (χ0n) is 20.7. The van der Waals surface area contributed by atoms with Gasteiger partial charge in [-0.25, -0.2) is 0 Å². The summed E-state index contributed by atoms with van der Waals surface area (Å²) in [5.41, 5.74) is 0. The van der Waals surface area contributed by atoms with E-state index in [1.165, 1.54) is 0 Å². The Balaban J connectivity index is 4.44. The molecule has 0 rings (SSSR count). The summed E-state index contributed by atoms with van der Waals surface area (Å²) in [6.07, 6.45) is 15.6. The normalized spacial score (nSPS) is 15.7. The van der Waals surface area contributed by atoms with Crippen LogP contribution in [0.4, 0.5) is 0 Å². The molecule has 0 bridgehead atoms. The van der Waals surface area contributed by atoms with Crippen LogP contribution in [0.5, 0.6) is 0 Å².